The van der Waals surface area contributed by atoms with Crippen LogP contribution in [0.4, 0.5) is 0 Å². The van der Waals surface area contributed by atoms with Crippen LogP contribution in [0, 0.1) is 0 Å². The van der Waals surface area contributed by atoms with Crippen molar-refractivity contribution in [3.63, 3.8) is 0 Å². The number of hydrogen-bond acceptors (Lipinski definition) is 5. The first-order valence-electron chi connectivity index (χ1n) is 9.72. The van der Waals surface area contributed by atoms with Gasteiger partial charge in [-0.1, -0.05) is 69.3 Å². The molecule has 0 saturated heterocycles. The Morgan fingerprint density at radius 1 is 0.867 bits per heavy atom. The zero-order valence-electron chi connectivity index (χ0n) is 17.8. The van der Waals surface area contributed by atoms with E-state index in [0.29, 0.717) is 19.8 Å². The summed E-state index contributed by atoms with van der Waals surface area (Å²) in [6.45, 7) is 10.2. The highest BCUT2D eigenvalue weighted by molar-refractivity contribution is 6.27. The molecule has 2 rings (SSSR count). The van der Waals surface area contributed by atoms with E-state index < -0.39 is 11.9 Å². The SMILES string of the molecule is CC(C)(C)c1ccccc1OCCOCCNCc1ccccc1.O=C(O)C(=O)O. The predicted octanol–water partition coefficient (Wildman–Crippen LogP) is 3.32. The van der Waals surface area contributed by atoms with Crippen LogP contribution in [0.5, 0.6) is 5.75 Å². The first-order valence-corrected chi connectivity index (χ1v) is 9.72. The topological polar surface area (TPSA) is 105 Å². The van der Waals surface area contributed by atoms with Crippen LogP contribution in [0.2, 0.25) is 0 Å². The van der Waals surface area contributed by atoms with Crippen LogP contribution < -0.4 is 10.1 Å². The molecule has 0 aliphatic heterocycles. The van der Waals surface area contributed by atoms with Crippen LogP contribution in [0.1, 0.15) is 31.9 Å². The summed E-state index contributed by atoms with van der Waals surface area (Å²) >= 11 is 0. The number of carboxylic acids is 2. The smallest absolute Gasteiger partial charge is 0.414 e. The number of rotatable bonds is 9. The van der Waals surface area contributed by atoms with E-state index >= 15 is 0 Å². The lowest BCUT2D eigenvalue weighted by Gasteiger charge is -2.22. The number of para-hydroxylation sites is 1. The van der Waals surface area contributed by atoms with Gasteiger partial charge in [-0.3, -0.25) is 0 Å². The number of aliphatic carboxylic acids is 2. The van der Waals surface area contributed by atoms with Crippen molar-refractivity contribution in [1.82, 2.24) is 5.32 Å². The molecular weight excluding hydrogens is 386 g/mol. The van der Waals surface area contributed by atoms with E-state index in [4.69, 9.17) is 29.3 Å². The van der Waals surface area contributed by atoms with Gasteiger partial charge < -0.3 is 25.0 Å². The maximum atomic E-state index is 9.10. The van der Waals surface area contributed by atoms with Crippen molar-refractivity contribution < 1.29 is 29.3 Å². The van der Waals surface area contributed by atoms with Crippen LogP contribution in [-0.2, 0) is 26.3 Å². The lowest BCUT2D eigenvalue weighted by molar-refractivity contribution is -0.159. The Kier molecular flexibility index (Phi) is 11.2. The Morgan fingerprint density at radius 2 is 1.47 bits per heavy atom. The quantitative estimate of drug-likeness (QED) is 0.425. The summed E-state index contributed by atoms with van der Waals surface area (Å²) in [5, 5.41) is 18.2. The summed E-state index contributed by atoms with van der Waals surface area (Å²) in [4.78, 5) is 18.2. The maximum absolute atomic E-state index is 9.10. The van der Waals surface area contributed by atoms with Gasteiger partial charge in [-0.15, -0.1) is 0 Å². The zero-order chi connectivity index (χ0) is 22.4. The molecule has 0 aliphatic carbocycles. The Labute approximate surface area is 177 Å². The molecule has 0 aromatic heterocycles. The van der Waals surface area contributed by atoms with Gasteiger partial charge in [-0.05, 0) is 22.6 Å². The number of benzene rings is 2. The minimum absolute atomic E-state index is 0.0822. The molecule has 30 heavy (non-hydrogen) atoms. The molecule has 7 heteroatoms. The van der Waals surface area contributed by atoms with Gasteiger partial charge >= 0.3 is 11.9 Å². The van der Waals surface area contributed by atoms with Crippen LogP contribution in [0.15, 0.2) is 54.6 Å². The molecule has 0 atom stereocenters. The number of ether oxygens (including phenoxy) is 2. The second kappa shape index (κ2) is 13.3. The molecule has 164 valence electrons. The molecule has 7 nitrogen and oxygen atoms in total. The van der Waals surface area contributed by atoms with E-state index in [0.717, 1.165) is 18.8 Å². The Balaban J connectivity index is 0.000000656. The average Bonchev–Trinajstić information content (AvgIpc) is 2.70. The molecule has 0 unspecified atom stereocenters. The largest absolute Gasteiger partial charge is 0.491 e. The van der Waals surface area contributed by atoms with Crippen molar-refractivity contribution in [2.45, 2.75) is 32.7 Å². The summed E-state index contributed by atoms with van der Waals surface area (Å²) in [6, 6.07) is 18.6. The average molecular weight is 418 g/mol. The molecule has 0 heterocycles. The molecule has 0 fully saturated rings. The molecule has 0 amide bonds. The second-order valence-electron chi connectivity index (χ2n) is 7.48. The summed E-state index contributed by atoms with van der Waals surface area (Å²) in [6.07, 6.45) is 0. The zero-order valence-corrected chi connectivity index (χ0v) is 17.8. The van der Waals surface area contributed by atoms with Crippen molar-refractivity contribution >= 4 is 11.9 Å². The fourth-order valence-electron chi connectivity index (χ4n) is 2.50. The number of carboxylic acid groups (broad SMARTS) is 2. The monoisotopic (exact) mass is 417 g/mol. The Bertz CT molecular complexity index is 759. The van der Waals surface area contributed by atoms with E-state index in [1.165, 1.54) is 11.1 Å². The summed E-state index contributed by atoms with van der Waals surface area (Å²) < 4.78 is 11.5. The molecule has 0 radical (unpaired) electrons. The molecule has 0 spiro atoms. The van der Waals surface area contributed by atoms with Crippen LogP contribution in [-0.4, -0.2) is 48.5 Å². The van der Waals surface area contributed by atoms with E-state index in [-0.39, 0.29) is 5.41 Å². The van der Waals surface area contributed by atoms with E-state index in [9.17, 15) is 0 Å². The Hall–Kier alpha value is -2.90. The molecule has 0 aliphatic rings. The van der Waals surface area contributed by atoms with Gasteiger partial charge in [-0.2, -0.15) is 0 Å². The van der Waals surface area contributed by atoms with E-state index in [1.54, 1.807) is 0 Å². The first-order chi connectivity index (χ1) is 14.2. The molecular formula is C23H31NO6. The van der Waals surface area contributed by atoms with Crippen molar-refractivity contribution in [3.05, 3.63) is 65.7 Å². The minimum Gasteiger partial charge on any atom is -0.491 e. The highest BCUT2D eigenvalue weighted by atomic mass is 16.5. The van der Waals surface area contributed by atoms with Crippen LogP contribution >= 0.6 is 0 Å². The van der Waals surface area contributed by atoms with Crippen molar-refractivity contribution in [1.29, 1.82) is 0 Å². The van der Waals surface area contributed by atoms with Gasteiger partial charge in [0, 0.05) is 13.1 Å². The highest BCUT2D eigenvalue weighted by Crippen LogP contribution is 2.30. The molecule has 0 saturated carbocycles. The van der Waals surface area contributed by atoms with Gasteiger partial charge in [0.05, 0.1) is 13.2 Å². The summed E-state index contributed by atoms with van der Waals surface area (Å²) in [5.74, 6) is -2.69. The maximum Gasteiger partial charge on any atom is 0.414 e. The van der Waals surface area contributed by atoms with Crippen molar-refractivity contribution in [2.75, 3.05) is 26.4 Å². The first kappa shape index (κ1) is 25.1. The van der Waals surface area contributed by atoms with Crippen molar-refractivity contribution in [3.8, 4) is 5.75 Å². The van der Waals surface area contributed by atoms with Gasteiger partial charge in [-0.25, -0.2) is 9.59 Å². The van der Waals surface area contributed by atoms with Crippen LogP contribution in [0.25, 0.3) is 0 Å². The number of hydrogen-bond donors (Lipinski definition) is 3. The highest BCUT2D eigenvalue weighted by Gasteiger charge is 2.18. The lowest BCUT2D eigenvalue weighted by Crippen LogP contribution is -2.21. The molecule has 2 aromatic carbocycles. The van der Waals surface area contributed by atoms with Gasteiger partial charge in [0.15, 0.2) is 0 Å². The third-order valence-electron chi connectivity index (χ3n) is 3.96. The third-order valence-corrected chi connectivity index (χ3v) is 3.96. The Morgan fingerprint density at radius 3 is 2.07 bits per heavy atom. The molecule has 2 aromatic rings. The minimum atomic E-state index is -1.82. The number of nitrogens with one attached hydrogen (secondary N) is 1. The van der Waals surface area contributed by atoms with Gasteiger partial charge in [0.2, 0.25) is 0 Å². The van der Waals surface area contributed by atoms with E-state index in [1.807, 2.05) is 18.2 Å². The van der Waals surface area contributed by atoms with Crippen molar-refractivity contribution in [2.24, 2.45) is 0 Å². The van der Waals surface area contributed by atoms with Gasteiger partial charge in [0.25, 0.3) is 0 Å². The standard InChI is InChI=1S/C21H29NO2.C2H2O4/c1-21(2,3)19-11-7-8-12-20(19)24-16-15-23-14-13-22-17-18-9-5-4-6-10-18;3-1(4)2(5)6/h4-12,22H,13-17H2,1-3H3;(H,3,4)(H,5,6). The number of carbonyl (C=O) groups is 2. The van der Waals surface area contributed by atoms with E-state index in [2.05, 4.69) is 62.5 Å². The second-order valence-corrected chi connectivity index (χ2v) is 7.48. The summed E-state index contributed by atoms with van der Waals surface area (Å²) in [7, 11) is 0. The van der Waals surface area contributed by atoms with Crippen LogP contribution in [0.3, 0.4) is 0 Å². The van der Waals surface area contributed by atoms with Gasteiger partial charge in [0.1, 0.15) is 12.4 Å². The predicted molar refractivity (Wildman–Crippen MR) is 115 cm³/mol. The lowest BCUT2D eigenvalue weighted by atomic mass is 9.86. The molecule has 3 N–H and O–H groups in total. The fourth-order valence-corrected chi connectivity index (χ4v) is 2.50. The molecule has 0 bridgehead atoms. The summed E-state index contributed by atoms with van der Waals surface area (Å²) in [5.41, 5.74) is 2.60. The third kappa shape index (κ3) is 10.6. The normalized spacial score (nSPS) is 10.6. The fraction of sp³-hybridized carbons (Fsp3) is 0.391.